The summed E-state index contributed by atoms with van der Waals surface area (Å²) in [7, 11) is -3.59. The van der Waals surface area contributed by atoms with Crippen molar-refractivity contribution in [3.8, 4) is 5.75 Å². The zero-order chi connectivity index (χ0) is 21.4. The molecule has 158 valence electrons. The van der Waals surface area contributed by atoms with Crippen molar-refractivity contribution < 1.29 is 17.4 Å². The zero-order valence-corrected chi connectivity index (χ0v) is 18.5. The number of rotatable bonds is 10. The predicted octanol–water partition coefficient (Wildman–Crippen LogP) is 4.74. The molecule has 0 spiro atoms. The van der Waals surface area contributed by atoms with Gasteiger partial charge in [-0.3, -0.25) is 4.79 Å². The molecule has 0 unspecified atom stereocenters. The van der Waals surface area contributed by atoms with E-state index in [1.165, 1.54) is 6.92 Å². The van der Waals surface area contributed by atoms with Crippen molar-refractivity contribution in [3.05, 3.63) is 65.7 Å². The highest BCUT2D eigenvalue weighted by atomic mass is 32.2. The first kappa shape index (κ1) is 22.9. The zero-order valence-electron chi connectivity index (χ0n) is 17.7. The van der Waals surface area contributed by atoms with Gasteiger partial charge in [0.05, 0.1) is 11.7 Å². The van der Waals surface area contributed by atoms with Gasteiger partial charge in [0.2, 0.25) is 5.91 Å². The number of amides is 1. The van der Waals surface area contributed by atoms with Gasteiger partial charge in [-0.1, -0.05) is 56.3 Å². The van der Waals surface area contributed by atoms with E-state index in [1.54, 1.807) is 18.2 Å². The predicted molar refractivity (Wildman–Crippen MR) is 116 cm³/mol. The van der Waals surface area contributed by atoms with Gasteiger partial charge in [0.1, 0.15) is 5.75 Å². The third kappa shape index (κ3) is 6.32. The van der Waals surface area contributed by atoms with E-state index in [2.05, 4.69) is 6.92 Å². The lowest BCUT2D eigenvalue weighted by Crippen LogP contribution is -2.40. The molecule has 0 aliphatic heterocycles. The molecule has 0 aliphatic carbocycles. The van der Waals surface area contributed by atoms with Crippen LogP contribution < -0.4 is 4.18 Å². The summed E-state index contributed by atoms with van der Waals surface area (Å²) in [5, 5.41) is 0. The van der Waals surface area contributed by atoms with E-state index >= 15 is 0 Å². The molecular weight excluding hydrogens is 386 g/mol. The number of hydrogen-bond acceptors (Lipinski definition) is 4. The van der Waals surface area contributed by atoms with Gasteiger partial charge in [-0.2, -0.15) is 8.42 Å². The fourth-order valence-electron chi connectivity index (χ4n) is 3.21. The Kier molecular flexibility index (Phi) is 8.26. The molecule has 29 heavy (non-hydrogen) atoms. The molecule has 2 aromatic rings. The van der Waals surface area contributed by atoms with Crippen LogP contribution >= 0.6 is 0 Å². The maximum absolute atomic E-state index is 13.4. The highest BCUT2D eigenvalue weighted by Crippen LogP contribution is 2.26. The van der Waals surface area contributed by atoms with E-state index in [4.69, 9.17) is 4.18 Å². The molecule has 5 nitrogen and oxygen atoms in total. The number of hydrogen-bond donors (Lipinski definition) is 0. The quantitative estimate of drug-likeness (QED) is 0.524. The van der Waals surface area contributed by atoms with Crippen molar-refractivity contribution in [2.75, 3.05) is 5.75 Å². The largest absolute Gasteiger partial charge is 0.382 e. The first-order valence-electron chi connectivity index (χ1n) is 10.2. The second kappa shape index (κ2) is 10.4. The minimum Gasteiger partial charge on any atom is -0.382 e. The molecule has 6 heteroatoms. The van der Waals surface area contributed by atoms with Gasteiger partial charge in [0, 0.05) is 12.6 Å². The number of benzene rings is 2. The second-order valence-corrected chi connectivity index (χ2v) is 9.03. The maximum atomic E-state index is 13.4. The molecule has 0 heterocycles. The minimum atomic E-state index is -3.59. The molecule has 0 aromatic heterocycles. The molecule has 2 rings (SSSR count). The van der Waals surface area contributed by atoms with E-state index in [-0.39, 0.29) is 29.4 Å². The lowest BCUT2D eigenvalue weighted by Gasteiger charge is -2.32. The first-order chi connectivity index (χ1) is 13.8. The van der Waals surface area contributed by atoms with Crippen molar-refractivity contribution in [1.82, 2.24) is 4.90 Å². The summed E-state index contributed by atoms with van der Waals surface area (Å²) in [5.41, 5.74) is 1.85. The van der Waals surface area contributed by atoms with Gasteiger partial charge in [-0.25, -0.2) is 0 Å². The van der Waals surface area contributed by atoms with E-state index in [9.17, 15) is 13.2 Å². The lowest BCUT2D eigenvalue weighted by molar-refractivity contribution is -0.135. The van der Waals surface area contributed by atoms with Crippen LogP contribution in [0.2, 0.25) is 0 Å². The highest BCUT2D eigenvalue weighted by molar-refractivity contribution is 7.87. The number of nitrogens with zero attached hydrogens (tertiary/aromatic N) is 1. The Balaban J connectivity index is 2.28. The molecule has 1 amide bonds. The van der Waals surface area contributed by atoms with Gasteiger partial charge < -0.3 is 9.08 Å². The molecule has 0 saturated heterocycles. The third-order valence-corrected chi connectivity index (χ3v) is 6.30. The summed E-state index contributed by atoms with van der Waals surface area (Å²) in [6.45, 7) is 8.06. The van der Waals surface area contributed by atoms with Crippen molar-refractivity contribution in [3.63, 3.8) is 0 Å². The Morgan fingerprint density at radius 3 is 2.28 bits per heavy atom. The summed E-state index contributed by atoms with van der Waals surface area (Å²) < 4.78 is 28.7. The molecule has 0 N–H and O–H groups in total. The van der Waals surface area contributed by atoms with Crippen LogP contribution in [0.4, 0.5) is 0 Å². The van der Waals surface area contributed by atoms with E-state index in [0.717, 1.165) is 17.5 Å². The molecule has 2 aromatic carbocycles. The van der Waals surface area contributed by atoms with Crippen LogP contribution in [0.5, 0.6) is 5.75 Å². The number of carbonyl (C=O) groups excluding carboxylic acids is 1. The Bertz CT molecular complexity index is 896. The average Bonchev–Trinajstić information content (AvgIpc) is 2.72. The van der Waals surface area contributed by atoms with Gasteiger partial charge in [-0.05, 0) is 49.9 Å². The third-order valence-electron chi connectivity index (χ3n) is 5.14. The van der Waals surface area contributed by atoms with Crippen LogP contribution in [0.3, 0.4) is 0 Å². The molecule has 0 radical (unpaired) electrons. The Morgan fingerprint density at radius 1 is 1.00 bits per heavy atom. The van der Waals surface area contributed by atoms with Gasteiger partial charge in [0.15, 0.2) is 0 Å². The van der Waals surface area contributed by atoms with Crippen molar-refractivity contribution >= 4 is 16.0 Å². The molecule has 0 fully saturated rings. The normalized spacial score (nSPS) is 13.5. The molecule has 0 aliphatic rings. The van der Waals surface area contributed by atoms with E-state index < -0.39 is 10.1 Å². The topological polar surface area (TPSA) is 63.7 Å². The Hall–Kier alpha value is -2.34. The fraction of sp³-hybridized carbons (Fsp3) is 0.435. The van der Waals surface area contributed by atoms with Crippen LogP contribution in [-0.2, 0) is 21.5 Å². The molecular formula is C23H31NO4S. The summed E-state index contributed by atoms with van der Waals surface area (Å²) in [6.07, 6.45) is 1.55. The fourth-order valence-corrected chi connectivity index (χ4v) is 3.72. The summed E-state index contributed by atoms with van der Waals surface area (Å²) in [4.78, 5) is 15.3. The van der Waals surface area contributed by atoms with Crippen LogP contribution in [-0.4, -0.2) is 31.0 Å². The summed E-state index contributed by atoms with van der Waals surface area (Å²) >= 11 is 0. The highest BCUT2D eigenvalue weighted by Gasteiger charge is 2.27. The lowest BCUT2D eigenvalue weighted by atomic mass is 9.94. The SMILES string of the molecule is CC[C@@H](C)N(Cc1cccc(OS(=O)(=O)CC)c1)C(=O)[C@H](CC)c1ccccc1. The van der Waals surface area contributed by atoms with Crippen molar-refractivity contribution in [2.45, 2.75) is 59.0 Å². The van der Waals surface area contributed by atoms with E-state index in [1.807, 2.05) is 55.1 Å². The first-order valence-corrected chi connectivity index (χ1v) is 11.8. The van der Waals surface area contributed by atoms with Gasteiger partial charge in [0.25, 0.3) is 0 Å². The Labute approximate surface area is 174 Å². The van der Waals surface area contributed by atoms with Crippen LogP contribution in [0.1, 0.15) is 57.6 Å². The van der Waals surface area contributed by atoms with E-state index in [0.29, 0.717) is 13.0 Å². The summed E-state index contributed by atoms with van der Waals surface area (Å²) in [6, 6.07) is 16.8. The minimum absolute atomic E-state index is 0.0595. The Morgan fingerprint density at radius 2 is 1.69 bits per heavy atom. The summed E-state index contributed by atoms with van der Waals surface area (Å²) in [5.74, 6) is 0.0610. The van der Waals surface area contributed by atoms with Crippen molar-refractivity contribution in [1.29, 1.82) is 0 Å². The maximum Gasteiger partial charge on any atom is 0.308 e. The molecule has 0 saturated carbocycles. The van der Waals surface area contributed by atoms with Gasteiger partial charge >= 0.3 is 10.1 Å². The second-order valence-electron chi connectivity index (χ2n) is 7.17. The standard InChI is InChI=1S/C23H31NO4S/c1-5-18(4)24(23(25)22(6-2)20-13-9-8-10-14-20)17-19-12-11-15-21(16-19)28-29(26,27)7-3/h8-16,18,22H,5-7,17H2,1-4H3/t18-,22-/m1/s1. The van der Waals surface area contributed by atoms with Crippen molar-refractivity contribution in [2.24, 2.45) is 0 Å². The monoisotopic (exact) mass is 417 g/mol. The molecule has 0 bridgehead atoms. The van der Waals surface area contributed by atoms with Crippen LogP contribution in [0.25, 0.3) is 0 Å². The average molecular weight is 418 g/mol. The van der Waals surface area contributed by atoms with Crippen LogP contribution in [0.15, 0.2) is 54.6 Å². The van der Waals surface area contributed by atoms with Gasteiger partial charge in [-0.15, -0.1) is 0 Å². The van der Waals surface area contributed by atoms with Crippen LogP contribution in [0, 0.1) is 0 Å². The number of carbonyl (C=O) groups is 1. The molecule has 2 atom stereocenters. The smallest absolute Gasteiger partial charge is 0.308 e.